The number of thioether (sulfide) groups is 1. The normalized spacial score (nSPS) is 15.4. The molecule has 0 aromatic heterocycles. The molecule has 11 heteroatoms. The van der Waals surface area contributed by atoms with Crippen LogP contribution in [0.25, 0.3) is 0 Å². The summed E-state index contributed by atoms with van der Waals surface area (Å²) < 4.78 is 4.93. The fourth-order valence-corrected chi connectivity index (χ4v) is 5.48. The summed E-state index contributed by atoms with van der Waals surface area (Å²) >= 11 is 7.16. The molecular weight excluding hydrogens is 540 g/mol. The monoisotopic (exact) mass is 576 g/mol. The van der Waals surface area contributed by atoms with Crippen LogP contribution in [0.15, 0.2) is 48.5 Å². The van der Waals surface area contributed by atoms with Gasteiger partial charge in [0.05, 0.1) is 13.2 Å². The number of aliphatic hydroxyl groups is 1. The number of ether oxygens (including phenoxy) is 1. The molecule has 1 fully saturated rings. The van der Waals surface area contributed by atoms with Gasteiger partial charge in [0, 0.05) is 61.3 Å². The summed E-state index contributed by atoms with van der Waals surface area (Å²) in [5.74, 6) is -0.366. The molecule has 2 unspecified atom stereocenters. The van der Waals surface area contributed by atoms with Crippen molar-refractivity contribution in [1.82, 2.24) is 9.80 Å². The zero-order chi connectivity index (χ0) is 28.2. The predicted octanol–water partition coefficient (Wildman–Crippen LogP) is 2.29. The number of rotatable bonds is 14. The first-order valence-electron chi connectivity index (χ1n) is 13.1. The van der Waals surface area contributed by atoms with Crippen molar-refractivity contribution >= 4 is 47.2 Å². The number of hydrogen-bond donors (Lipinski definition) is 2. The van der Waals surface area contributed by atoms with Gasteiger partial charge < -0.3 is 30.2 Å². The molecule has 1 aliphatic rings. The van der Waals surface area contributed by atoms with Crippen molar-refractivity contribution in [1.29, 1.82) is 0 Å². The third-order valence-corrected chi connectivity index (χ3v) is 8.05. The SMILES string of the molecule is CCOC(=O)C(N)CSC(C=O)N(CCO)c1ccc(C(=O)N2CCN(CCc3ccc(Cl)cc3)CC2)cc1. The number of benzene rings is 2. The van der Waals surface area contributed by atoms with Crippen LogP contribution in [0.5, 0.6) is 0 Å². The van der Waals surface area contributed by atoms with Gasteiger partial charge in [0.1, 0.15) is 11.4 Å². The van der Waals surface area contributed by atoms with Gasteiger partial charge in [0.2, 0.25) is 0 Å². The number of aliphatic hydroxyl groups excluding tert-OH is 1. The van der Waals surface area contributed by atoms with Crippen molar-refractivity contribution in [3.05, 3.63) is 64.7 Å². The average Bonchev–Trinajstić information content (AvgIpc) is 2.96. The Bertz CT molecular complexity index is 1060. The van der Waals surface area contributed by atoms with Gasteiger partial charge in [-0.2, -0.15) is 0 Å². The standard InChI is InChI=1S/C28H37ClN4O5S/c1-2-38-28(37)25(30)20-39-26(19-35)33(17-18-34)24-9-5-22(6-10-24)27(36)32-15-13-31(14-16-32)12-11-21-3-7-23(29)8-4-21/h3-10,19,25-26,34H,2,11-18,20,30H2,1H3. The van der Waals surface area contributed by atoms with E-state index in [0.29, 0.717) is 24.3 Å². The van der Waals surface area contributed by atoms with E-state index in [0.717, 1.165) is 37.4 Å². The molecule has 2 aromatic rings. The molecule has 1 heterocycles. The number of aldehydes is 1. The molecule has 0 aliphatic carbocycles. The number of piperazine rings is 1. The second-order valence-corrected chi connectivity index (χ2v) is 10.8. The van der Waals surface area contributed by atoms with Gasteiger partial charge >= 0.3 is 5.97 Å². The predicted molar refractivity (Wildman–Crippen MR) is 155 cm³/mol. The maximum absolute atomic E-state index is 13.1. The van der Waals surface area contributed by atoms with Crippen molar-refractivity contribution in [2.75, 3.05) is 63.1 Å². The highest BCUT2D eigenvalue weighted by Crippen LogP contribution is 2.24. The number of carbonyl (C=O) groups excluding carboxylic acids is 3. The van der Waals surface area contributed by atoms with E-state index in [2.05, 4.69) is 4.90 Å². The van der Waals surface area contributed by atoms with Gasteiger partial charge in [0.15, 0.2) is 6.29 Å². The molecule has 0 bridgehead atoms. The van der Waals surface area contributed by atoms with Crippen LogP contribution < -0.4 is 10.6 Å². The number of nitrogens with zero attached hydrogens (tertiary/aromatic N) is 3. The molecular formula is C28H37ClN4O5S. The minimum Gasteiger partial charge on any atom is -0.465 e. The minimum atomic E-state index is -0.855. The van der Waals surface area contributed by atoms with Crippen molar-refractivity contribution in [3.63, 3.8) is 0 Å². The molecule has 212 valence electrons. The van der Waals surface area contributed by atoms with Gasteiger partial charge in [-0.15, -0.1) is 11.8 Å². The highest BCUT2D eigenvalue weighted by atomic mass is 35.5. The van der Waals surface area contributed by atoms with Crippen molar-refractivity contribution in [2.45, 2.75) is 24.8 Å². The van der Waals surface area contributed by atoms with E-state index in [9.17, 15) is 19.5 Å². The lowest BCUT2D eigenvalue weighted by Gasteiger charge is -2.35. The molecule has 3 rings (SSSR count). The molecule has 0 radical (unpaired) electrons. The van der Waals surface area contributed by atoms with Crippen LogP contribution in [0, 0.1) is 0 Å². The zero-order valence-electron chi connectivity index (χ0n) is 22.2. The Morgan fingerprint density at radius 3 is 2.38 bits per heavy atom. The Kier molecular flexibility index (Phi) is 12.5. The van der Waals surface area contributed by atoms with Gasteiger partial charge in [-0.1, -0.05) is 23.7 Å². The first-order valence-corrected chi connectivity index (χ1v) is 14.5. The van der Waals surface area contributed by atoms with Crippen molar-refractivity contribution < 1.29 is 24.2 Å². The largest absolute Gasteiger partial charge is 0.465 e. The van der Waals surface area contributed by atoms with Crippen LogP contribution in [0.3, 0.4) is 0 Å². The molecule has 1 saturated heterocycles. The van der Waals surface area contributed by atoms with E-state index in [1.165, 1.54) is 17.3 Å². The van der Waals surface area contributed by atoms with Crippen LogP contribution >= 0.6 is 23.4 Å². The Morgan fingerprint density at radius 1 is 1.13 bits per heavy atom. The highest BCUT2D eigenvalue weighted by molar-refractivity contribution is 8.00. The molecule has 39 heavy (non-hydrogen) atoms. The second-order valence-electron chi connectivity index (χ2n) is 9.19. The van der Waals surface area contributed by atoms with Crippen LogP contribution in [0.4, 0.5) is 5.69 Å². The fourth-order valence-electron chi connectivity index (χ4n) is 4.32. The van der Waals surface area contributed by atoms with Crippen molar-refractivity contribution in [2.24, 2.45) is 5.73 Å². The Hall–Kier alpha value is -2.63. The van der Waals surface area contributed by atoms with E-state index in [1.54, 1.807) is 36.1 Å². The summed E-state index contributed by atoms with van der Waals surface area (Å²) in [6.45, 7) is 5.84. The molecule has 2 aromatic carbocycles. The Labute approximate surface area is 239 Å². The molecule has 0 saturated carbocycles. The van der Waals surface area contributed by atoms with Gasteiger partial charge in [-0.25, -0.2) is 0 Å². The first kappa shape index (κ1) is 30.9. The van der Waals surface area contributed by atoms with Crippen LogP contribution in [-0.2, 0) is 20.7 Å². The molecule has 0 spiro atoms. The number of hydrogen-bond acceptors (Lipinski definition) is 9. The first-order chi connectivity index (χ1) is 18.9. The number of nitrogens with two attached hydrogens (primary N) is 1. The van der Waals surface area contributed by atoms with E-state index in [4.69, 9.17) is 22.1 Å². The number of amides is 1. The maximum Gasteiger partial charge on any atom is 0.323 e. The lowest BCUT2D eigenvalue weighted by atomic mass is 10.1. The summed E-state index contributed by atoms with van der Waals surface area (Å²) in [4.78, 5) is 42.8. The van der Waals surface area contributed by atoms with Crippen molar-refractivity contribution in [3.8, 4) is 0 Å². The maximum atomic E-state index is 13.1. The summed E-state index contributed by atoms with van der Waals surface area (Å²) in [5, 5.41) is 9.66. The van der Waals surface area contributed by atoms with Crippen LogP contribution in [0.2, 0.25) is 5.02 Å². The molecule has 2 atom stereocenters. The van der Waals surface area contributed by atoms with E-state index >= 15 is 0 Å². The summed E-state index contributed by atoms with van der Waals surface area (Å²) in [5.41, 5.74) is 8.36. The Balaban J connectivity index is 1.54. The summed E-state index contributed by atoms with van der Waals surface area (Å²) in [6.07, 6.45) is 1.69. The van der Waals surface area contributed by atoms with Gasteiger partial charge in [-0.3, -0.25) is 14.5 Å². The highest BCUT2D eigenvalue weighted by Gasteiger charge is 2.25. The third kappa shape index (κ3) is 9.22. The van der Waals surface area contributed by atoms with E-state index in [-0.39, 0.29) is 31.4 Å². The van der Waals surface area contributed by atoms with Gasteiger partial charge in [0.25, 0.3) is 5.91 Å². The summed E-state index contributed by atoms with van der Waals surface area (Å²) in [7, 11) is 0. The van der Waals surface area contributed by atoms with Crippen LogP contribution in [-0.4, -0.2) is 103 Å². The summed E-state index contributed by atoms with van der Waals surface area (Å²) in [6, 6.07) is 14.1. The fraction of sp³-hybridized carbons (Fsp3) is 0.464. The smallest absolute Gasteiger partial charge is 0.323 e. The second kappa shape index (κ2) is 15.8. The number of anilines is 1. The number of esters is 1. The van der Waals surface area contributed by atoms with Gasteiger partial charge in [-0.05, 0) is 55.3 Å². The molecule has 9 nitrogen and oxygen atoms in total. The lowest BCUT2D eigenvalue weighted by molar-refractivity contribution is -0.144. The van der Waals surface area contributed by atoms with E-state index in [1.807, 2.05) is 29.2 Å². The number of halogens is 1. The third-order valence-electron chi connectivity index (χ3n) is 6.54. The number of carbonyl (C=O) groups is 3. The minimum absolute atomic E-state index is 0.0330. The topological polar surface area (TPSA) is 116 Å². The molecule has 1 aliphatic heterocycles. The zero-order valence-corrected chi connectivity index (χ0v) is 23.8. The van der Waals surface area contributed by atoms with Crippen LogP contribution in [0.1, 0.15) is 22.8 Å². The van der Waals surface area contributed by atoms with E-state index < -0.39 is 17.4 Å². The lowest BCUT2D eigenvalue weighted by Crippen LogP contribution is -2.49. The average molecular weight is 577 g/mol. The quantitative estimate of drug-likeness (QED) is 0.198. The Morgan fingerprint density at radius 2 is 1.79 bits per heavy atom. The molecule has 1 amide bonds. The molecule has 3 N–H and O–H groups in total.